The zero-order valence-corrected chi connectivity index (χ0v) is 12.3. The lowest BCUT2D eigenvalue weighted by atomic mass is 9.93. The molecular formula is C16H23N3. The summed E-state index contributed by atoms with van der Waals surface area (Å²) in [4.78, 5) is 4.76. The van der Waals surface area contributed by atoms with Crippen molar-refractivity contribution in [3.05, 3.63) is 29.8 Å². The highest BCUT2D eigenvalue weighted by Crippen LogP contribution is 2.30. The third kappa shape index (κ3) is 2.90. The topological polar surface area (TPSA) is 30.3 Å². The summed E-state index contributed by atoms with van der Waals surface area (Å²) >= 11 is 0. The highest BCUT2D eigenvalue weighted by Gasteiger charge is 2.37. The smallest absolute Gasteiger partial charge is 0.0638 e. The van der Waals surface area contributed by atoms with E-state index in [0.717, 1.165) is 13.1 Å². The molecule has 1 heterocycles. The van der Waals surface area contributed by atoms with Gasteiger partial charge in [0.15, 0.2) is 0 Å². The average Bonchev–Trinajstić information content (AvgIpc) is 2.32. The molecule has 0 radical (unpaired) electrons. The maximum atomic E-state index is 8.97. The number of likely N-dealkylation sites (N-methyl/N-ethyl adjacent to an activating group) is 1. The molecule has 1 atom stereocenters. The maximum Gasteiger partial charge on any atom is 0.0638 e. The van der Waals surface area contributed by atoms with Crippen LogP contribution in [0.1, 0.15) is 25.8 Å². The SMILES string of the molecule is Cc1cccc(N2CC(CC#N)N(C)CC2(C)C)c1. The van der Waals surface area contributed by atoms with Crippen LogP contribution in [-0.4, -0.2) is 36.6 Å². The lowest BCUT2D eigenvalue weighted by Crippen LogP contribution is -2.62. The van der Waals surface area contributed by atoms with E-state index in [4.69, 9.17) is 5.26 Å². The molecule has 3 nitrogen and oxygen atoms in total. The molecule has 0 N–H and O–H groups in total. The van der Waals surface area contributed by atoms with Crippen LogP contribution in [0.4, 0.5) is 5.69 Å². The molecule has 2 rings (SSSR count). The maximum absolute atomic E-state index is 8.97. The minimum atomic E-state index is 0.0918. The van der Waals surface area contributed by atoms with E-state index >= 15 is 0 Å². The molecule has 1 aliphatic heterocycles. The molecule has 102 valence electrons. The van der Waals surface area contributed by atoms with Gasteiger partial charge in [-0.2, -0.15) is 5.26 Å². The van der Waals surface area contributed by atoms with Crippen molar-refractivity contribution in [2.75, 3.05) is 25.0 Å². The van der Waals surface area contributed by atoms with E-state index in [9.17, 15) is 0 Å². The Kier molecular flexibility index (Phi) is 3.82. The minimum absolute atomic E-state index is 0.0918. The lowest BCUT2D eigenvalue weighted by Gasteiger charge is -2.51. The van der Waals surface area contributed by atoms with Gasteiger partial charge in [-0.25, -0.2) is 0 Å². The van der Waals surface area contributed by atoms with Gasteiger partial charge in [-0.05, 0) is 45.5 Å². The van der Waals surface area contributed by atoms with E-state index in [2.05, 4.69) is 68.0 Å². The van der Waals surface area contributed by atoms with Crippen molar-refractivity contribution in [2.24, 2.45) is 0 Å². The molecule has 3 heteroatoms. The number of rotatable bonds is 2. The molecule has 0 aromatic heterocycles. The van der Waals surface area contributed by atoms with Crippen molar-refractivity contribution in [3.8, 4) is 6.07 Å². The number of hydrogen-bond donors (Lipinski definition) is 0. The normalized spacial score (nSPS) is 23.1. The van der Waals surface area contributed by atoms with Crippen LogP contribution in [0.3, 0.4) is 0 Å². The summed E-state index contributed by atoms with van der Waals surface area (Å²) in [5, 5.41) is 8.97. The van der Waals surface area contributed by atoms with Crippen molar-refractivity contribution in [2.45, 2.75) is 38.8 Å². The molecule has 1 aromatic carbocycles. The van der Waals surface area contributed by atoms with E-state index in [1.807, 2.05) is 0 Å². The molecule has 1 aromatic rings. The summed E-state index contributed by atoms with van der Waals surface area (Å²) < 4.78 is 0. The van der Waals surface area contributed by atoms with Gasteiger partial charge in [0.25, 0.3) is 0 Å². The Bertz CT molecular complexity index is 487. The molecule has 0 aliphatic carbocycles. The first-order valence-corrected chi connectivity index (χ1v) is 6.85. The van der Waals surface area contributed by atoms with Crippen LogP contribution in [0.15, 0.2) is 24.3 Å². The fourth-order valence-corrected chi connectivity index (χ4v) is 3.00. The first-order valence-electron chi connectivity index (χ1n) is 6.85. The monoisotopic (exact) mass is 257 g/mol. The number of aryl methyl sites for hydroxylation is 1. The fraction of sp³-hybridized carbons (Fsp3) is 0.562. The highest BCUT2D eigenvalue weighted by atomic mass is 15.3. The summed E-state index contributed by atoms with van der Waals surface area (Å²) in [6.07, 6.45) is 0.592. The van der Waals surface area contributed by atoms with E-state index in [1.54, 1.807) is 0 Å². The molecular weight excluding hydrogens is 234 g/mol. The van der Waals surface area contributed by atoms with Gasteiger partial charge in [-0.15, -0.1) is 0 Å². The average molecular weight is 257 g/mol. The highest BCUT2D eigenvalue weighted by molar-refractivity contribution is 5.51. The van der Waals surface area contributed by atoms with Crippen molar-refractivity contribution < 1.29 is 0 Å². The van der Waals surface area contributed by atoms with Gasteiger partial charge in [-0.3, -0.25) is 4.90 Å². The van der Waals surface area contributed by atoms with Crippen LogP contribution in [0.2, 0.25) is 0 Å². The summed E-state index contributed by atoms with van der Waals surface area (Å²) in [6, 6.07) is 11.3. The summed E-state index contributed by atoms with van der Waals surface area (Å²) in [7, 11) is 2.12. The van der Waals surface area contributed by atoms with Crippen LogP contribution in [0.25, 0.3) is 0 Å². The summed E-state index contributed by atoms with van der Waals surface area (Å²) in [5.74, 6) is 0. The largest absolute Gasteiger partial charge is 0.364 e. The number of nitrogens with zero attached hydrogens (tertiary/aromatic N) is 3. The Morgan fingerprint density at radius 1 is 1.42 bits per heavy atom. The Morgan fingerprint density at radius 3 is 2.79 bits per heavy atom. The molecule has 19 heavy (non-hydrogen) atoms. The molecule has 0 bridgehead atoms. The molecule has 1 saturated heterocycles. The van der Waals surface area contributed by atoms with Crippen LogP contribution in [0, 0.1) is 18.3 Å². The molecule has 0 spiro atoms. The van der Waals surface area contributed by atoms with Gasteiger partial charge in [-0.1, -0.05) is 12.1 Å². The molecule has 1 aliphatic rings. The predicted molar refractivity (Wildman–Crippen MR) is 79.3 cm³/mol. The van der Waals surface area contributed by atoms with Gasteiger partial charge in [0.1, 0.15) is 0 Å². The summed E-state index contributed by atoms with van der Waals surface area (Å²) in [6.45, 7) is 8.57. The molecule has 1 unspecified atom stereocenters. The van der Waals surface area contributed by atoms with Crippen LogP contribution < -0.4 is 4.90 Å². The van der Waals surface area contributed by atoms with Gasteiger partial charge in [0.2, 0.25) is 0 Å². The van der Waals surface area contributed by atoms with Gasteiger partial charge in [0, 0.05) is 30.4 Å². The first-order chi connectivity index (χ1) is 8.94. The number of anilines is 1. The van der Waals surface area contributed by atoms with E-state index < -0.39 is 0 Å². The second-order valence-electron chi connectivity index (χ2n) is 6.19. The van der Waals surface area contributed by atoms with Crippen LogP contribution in [0.5, 0.6) is 0 Å². The van der Waals surface area contributed by atoms with Gasteiger partial charge in [0.05, 0.1) is 12.5 Å². The van der Waals surface area contributed by atoms with Crippen molar-refractivity contribution in [3.63, 3.8) is 0 Å². The fourth-order valence-electron chi connectivity index (χ4n) is 3.00. The number of benzene rings is 1. The van der Waals surface area contributed by atoms with E-state index in [1.165, 1.54) is 11.3 Å². The number of piperazine rings is 1. The van der Waals surface area contributed by atoms with E-state index in [0.29, 0.717) is 12.5 Å². The third-order valence-corrected chi connectivity index (χ3v) is 4.02. The Hall–Kier alpha value is -1.53. The van der Waals surface area contributed by atoms with Gasteiger partial charge >= 0.3 is 0 Å². The van der Waals surface area contributed by atoms with Crippen LogP contribution in [-0.2, 0) is 0 Å². The van der Waals surface area contributed by atoms with E-state index in [-0.39, 0.29) is 5.54 Å². The lowest BCUT2D eigenvalue weighted by molar-refractivity contribution is 0.153. The Balaban J connectivity index is 2.29. The van der Waals surface area contributed by atoms with Crippen molar-refractivity contribution in [1.29, 1.82) is 5.26 Å². The van der Waals surface area contributed by atoms with Gasteiger partial charge < -0.3 is 4.90 Å². The first kappa shape index (κ1) is 13.9. The minimum Gasteiger partial charge on any atom is -0.364 e. The molecule has 0 saturated carbocycles. The third-order valence-electron chi connectivity index (χ3n) is 4.02. The second kappa shape index (κ2) is 5.22. The zero-order chi connectivity index (χ0) is 14.0. The number of hydrogen-bond acceptors (Lipinski definition) is 3. The second-order valence-corrected chi connectivity index (χ2v) is 6.19. The van der Waals surface area contributed by atoms with Crippen molar-refractivity contribution >= 4 is 5.69 Å². The quantitative estimate of drug-likeness (QED) is 0.816. The molecule has 0 amide bonds. The Labute approximate surface area is 116 Å². The van der Waals surface area contributed by atoms with Crippen LogP contribution >= 0.6 is 0 Å². The van der Waals surface area contributed by atoms with Crippen molar-refractivity contribution in [1.82, 2.24) is 4.90 Å². The number of nitriles is 1. The molecule has 1 fully saturated rings. The Morgan fingerprint density at radius 2 is 2.16 bits per heavy atom. The summed E-state index contributed by atoms with van der Waals surface area (Å²) in [5.41, 5.74) is 2.64. The predicted octanol–water partition coefficient (Wildman–Crippen LogP) is 2.81. The standard InChI is InChI=1S/C16H23N3/c1-13-6-5-7-14(10-13)19-11-15(8-9-17)18(4)12-16(19,2)3/h5-7,10,15H,8,11-12H2,1-4H3. The zero-order valence-electron chi connectivity index (χ0n) is 12.3.